The first-order valence-corrected chi connectivity index (χ1v) is 9.38. The Morgan fingerprint density at radius 3 is 2.52 bits per heavy atom. The Morgan fingerprint density at radius 2 is 1.85 bits per heavy atom. The quantitative estimate of drug-likeness (QED) is 0.511. The van der Waals surface area contributed by atoms with E-state index in [0.29, 0.717) is 33.6 Å². The fourth-order valence-electron chi connectivity index (χ4n) is 2.55. The third-order valence-corrected chi connectivity index (χ3v) is 4.46. The number of thioether (sulfide) groups is 1. The van der Waals surface area contributed by atoms with Crippen LogP contribution in [0.5, 0.6) is 11.5 Å². The fourth-order valence-corrected chi connectivity index (χ4v) is 2.89. The van der Waals surface area contributed by atoms with Gasteiger partial charge in [0.05, 0.1) is 31.2 Å². The van der Waals surface area contributed by atoms with E-state index < -0.39 is 0 Å². The topological polar surface area (TPSA) is 73.3 Å². The van der Waals surface area contributed by atoms with Crippen molar-refractivity contribution in [1.82, 2.24) is 9.97 Å². The molecule has 1 heterocycles. The Morgan fingerprint density at radius 1 is 1.07 bits per heavy atom. The van der Waals surface area contributed by atoms with Crippen LogP contribution in [0.15, 0.2) is 59.9 Å². The van der Waals surface area contributed by atoms with Crippen LogP contribution in [0.2, 0.25) is 0 Å². The summed E-state index contributed by atoms with van der Waals surface area (Å²) in [7, 11) is 3.11. The van der Waals surface area contributed by atoms with Gasteiger partial charge >= 0.3 is 0 Å². The number of amides is 1. The van der Waals surface area contributed by atoms with Crippen molar-refractivity contribution in [3.63, 3.8) is 0 Å². The van der Waals surface area contributed by atoms with E-state index >= 15 is 0 Å². The number of hydrogen-bond acceptors (Lipinski definition) is 6. The van der Waals surface area contributed by atoms with Gasteiger partial charge in [-0.1, -0.05) is 42.1 Å². The van der Waals surface area contributed by atoms with E-state index in [1.54, 1.807) is 38.6 Å². The van der Waals surface area contributed by atoms with Crippen LogP contribution in [0.3, 0.4) is 0 Å². The Labute approximate surface area is 162 Å². The summed E-state index contributed by atoms with van der Waals surface area (Å²) >= 11 is 1.42. The molecule has 27 heavy (non-hydrogen) atoms. The summed E-state index contributed by atoms with van der Waals surface area (Å²) < 4.78 is 10.6. The largest absolute Gasteiger partial charge is 0.497 e. The minimum atomic E-state index is -0.326. The van der Waals surface area contributed by atoms with Gasteiger partial charge in [0.1, 0.15) is 11.5 Å². The Hall–Kier alpha value is -3.06. The van der Waals surface area contributed by atoms with Crippen molar-refractivity contribution in [1.29, 1.82) is 0 Å². The first-order valence-electron chi connectivity index (χ1n) is 8.16. The summed E-state index contributed by atoms with van der Waals surface area (Å²) in [5.74, 6) is 0.823. The summed E-state index contributed by atoms with van der Waals surface area (Å²) in [5.41, 5.74) is 2.31. The zero-order chi connectivity index (χ0) is 19.2. The highest BCUT2D eigenvalue weighted by Crippen LogP contribution is 2.30. The van der Waals surface area contributed by atoms with Gasteiger partial charge in [-0.15, -0.1) is 0 Å². The molecule has 1 amide bonds. The summed E-state index contributed by atoms with van der Waals surface area (Å²) in [5, 5.41) is 3.47. The lowest BCUT2D eigenvalue weighted by Gasteiger charge is -2.13. The first-order chi connectivity index (χ1) is 13.2. The van der Waals surface area contributed by atoms with E-state index in [1.165, 1.54) is 11.8 Å². The molecule has 0 spiro atoms. The normalized spacial score (nSPS) is 10.3. The molecule has 6 nitrogen and oxygen atoms in total. The third-order valence-electron chi connectivity index (χ3n) is 3.90. The minimum Gasteiger partial charge on any atom is -0.497 e. The summed E-state index contributed by atoms with van der Waals surface area (Å²) in [6, 6.07) is 14.8. The fraction of sp³-hybridized carbons (Fsp3) is 0.150. The number of ether oxygens (including phenoxy) is 2. The van der Waals surface area contributed by atoms with Crippen LogP contribution in [-0.2, 0) is 0 Å². The van der Waals surface area contributed by atoms with Gasteiger partial charge in [-0.25, -0.2) is 9.97 Å². The molecule has 3 rings (SSSR count). The van der Waals surface area contributed by atoms with Crippen LogP contribution in [0, 0.1) is 0 Å². The zero-order valence-corrected chi connectivity index (χ0v) is 16.0. The molecule has 2 aromatic carbocycles. The molecule has 0 saturated carbocycles. The summed E-state index contributed by atoms with van der Waals surface area (Å²) in [6.45, 7) is 0. The van der Waals surface area contributed by atoms with Crippen molar-refractivity contribution in [3.05, 3.63) is 60.3 Å². The summed E-state index contributed by atoms with van der Waals surface area (Å²) in [6.07, 6.45) is 3.44. The number of rotatable bonds is 6. The molecule has 7 heteroatoms. The molecule has 1 N–H and O–H groups in total. The Kier molecular flexibility index (Phi) is 5.93. The molecular weight excluding hydrogens is 362 g/mol. The van der Waals surface area contributed by atoms with Gasteiger partial charge in [0.15, 0.2) is 5.16 Å². The average Bonchev–Trinajstić information content (AvgIpc) is 2.73. The molecule has 0 aliphatic carbocycles. The van der Waals surface area contributed by atoms with Gasteiger partial charge in [0.2, 0.25) is 0 Å². The van der Waals surface area contributed by atoms with Crippen LogP contribution in [0.25, 0.3) is 11.3 Å². The lowest BCUT2D eigenvalue weighted by atomic mass is 10.1. The van der Waals surface area contributed by atoms with Crippen molar-refractivity contribution in [2.75, 3.05) is 25.8 Å². The number of carbonyl (C=O) groups excluding carboxylic acids is 1. The first kappa shape index (κ1) is 18.7. The second kappa shape index (κ2) is 8.55. The number of nitrogens with zero attached hydrogens (tertiary/aromatic N) is 2. The van der Waals surface area contributed by atoms with Crippen molar-refractivity contribution in [2.45, 2.75) is 5.16 Å². The van der Waals surface area contributed by atoms with Gasteiger partial charge in [0.25, 0.3) is 5.91 Å². The number of nitrogens with one attached hydrogen (secondary N) is 1. The molecule has 0 saturated heterocycles. The maximum atomic E-state index is 13.0. The standard InChI is InChI=1S/C20H19N3O3S/c1-25-14-9-10-17(26-2)16(11-14)22-19(24)15-12-21-20(27-3)23-18(15)13-7-5-4-6-8-13/h4-12H,1-3H3,(H,22,24). The number of aromatic nitrogens is 2. The highest BCUT2D eigenvalue weighted by molar-refractivity contribution is 7.98. The number of methoxy groups -OCH3 is 2. The maximum Gasteiger partial charge on any atom is 0.259 e. The molecule has 0 aliphatic rings. The van der Waals surface area contributed by atoms with Crippen LogP contribution in [0.1, 0.15) is 10.4 Å². The van der Waals surface area contributed by atoms with Crippen molar-refractivity contribution >= 4 is 23.4 Å². The van der Waals surface area contributed by atoms with Crippen LogP contribution < -0.4 is 14.8 Å². The van der Waals surface area contributed by atoms with E-state index in [2.05, 4.69) is 15.3 Å². The average molecular weight is 381 g/mol. The highest BCUT2D eigenvalue weighted by atomic mass is 32.2. The maximum absolute atomic E-state index is 13.0. The second-order valence-corrected chi connectivity index (χ2v) is 6.28. The molecule has 0 atom stereocenters. The number of benzene rings is 2. The monoisotopic (exact) mass is 381 g/mol. The van der Waals surface area contributed by atoms with Crippen molar-refractivity contribution < 1.29 is 14.3 Å². The number of anilines is 1. The minimum absolute atomic E-state index is 0.326. The van der Waals surface area contributed by atoms with Crippen molar-refractivity contribution in [3.8, 4) is 22.8 Å². The predicted molar refractivity (Wildman–Crippen MR) is 107 cm³/mol. The van der Waals surface area contributed by atoms with Gasteiger partial charge in [0, 0.05) is 17.8 Å². The SMILES string of the molecule is COc1ccc(OC)c(NC(=O)c2cnc(SC)nc2-c2ccccc2)c1. The zero-order valence-electron chi connectivity index (χ0n) is 15.2. The molecule has 138 valence electrons. The number of carbonyl (C=O) groups is 1. The van der Waals surface area contributed by atoms with Crippen LogP contribution in [-0.4, -0.2) is 36.4 Å². The van der Waals surface area contributed by atoms with E-state index in [9.17, 15) is 4.79 Å². The number of hydrogen-bond donors (Lipinski definition) is 1. The Bertz CT molecular complexity index is 948. The molecule has 0 radical (unpaired) electrons. The van der Waals surface area contributed by atoms with Gasteiger partial charge in [-0.2, -0.15) is 0 Å². The molecule has 0 fully saturated rings. The molecule has 3 aromatic rings. The Balaban J connectivity index is 2.00. The predicted octanol–water partition coefficient (Wildman–Crippen LogP) is 4.14. The van der Waals surface area contributed by atoms with Crippen molar-refractivity contribution in [2.24, 2.45) is 0 Å². The molecule has 1 aromatic heterocycles. The van der Waals surface area contributed by atoms with E-state index in [0.717, 1.165) is 5.56 Å². The second-order valence-electron chi connectivity index (χ2n) is 5.51. The van der Waals surface area contributed by atoms with Gasteiger partial charge in [-0.05, 0) is 18.4 Å². The van der Waals surface area contributed by atoms with Crippen LogP contribution in [0.4, 0.5) is 5.69 Å². The van der Waals surface area contributed by atoms with Crippen LogP contribution >= 0.6 is 11.8 Å². The highest BCUT2D eigenvalue weighted by Gasteiger charge is 2.18. The van der Waals surface area contributed by atoms with E-state index in [1.807, 2.05) is 36.6 Å². The third kappa shape index (κ3) is 4.20. The lowest BCUT2D eigenvalue weighted by Crippen LogP contribution is -2.15. The summed E-state index contributed by atoms with van der Waals surface area (Å²) in [4.78, 5) is 21.8. The van der Waals surface area contributed by atoms with Gasteiger partial charge < -0.3 is 14.8 Å². The molecule has 0 bridgehead atoms. The van der Waals surface area contributed by atoms with Gasteiger partial charge in [-0.3, -0.25) is 4.79 Å². The molecule has 0 unspecified atom stereocenters. The molecular formula is C20H19N3O3S. The lowest BCUT2D eigenvalue weighted by molar-refractivity contribution is 0.102. The smallest absolute Gasteiger partial charge is 0.259 e. The van der Waals surface area contributed by atoms with E-state index in [4.69, 9.17) is 9.47 Å². The van der Waals surface area contributed by atoms with E-state index in [-0.39, 0.29) is 5.91 Å². The molecule has 0 aliphatic heterocycles.